The SMILES string of the molecule is COc1cc(N2CCN(C)CC2)ccc1Nc1ncc2c(C)cc(=O)n(-c3cccc(-n4ccnc4)c3)c2n1. The molecule has 10 heteroatoms. The van der Waals surface area contributed by atoms with E-state index in [1.807, 2.05) is 54.1 Å². The first-order valence-electron chi connectivity index (χ1n) is 12.9. The molecule has 5 aromatic rings. The van der Waals surface area contributed by atoms with Crippen LogP contribution in [0.2, 0.25) is 0 Å². The maximum Gasteiger partial charge on any atom is 0.257 e. The number of rotatable bonds is 6. The third-order valence-corrected chi connectivity index (χ3v) is 7.16. The van der Waals surface area contributed by atoms with E-state index in [1.165, 1.54) is 0 Å². The van der Waals surface area contributed by atoms with Crippen LogP contribution in [-0.4, -0.2) is 69.3 Å². The number of nitrogens with one attached hydrogen (secondary N) is 1. The van der Waals surface area contributed by atoms with Crippen LogP contribution >= 0.6 is 0 Å². The molecule has 0 radical (unpaired) electrons. The Hall–Kier alpha value is -4.70. The van der Waals surface area contributed by atoms with Gasteiger partial charge in [-0.1, -0.05) is 6.07 Å². The van der Waals surface area contributed by atoms with Gasteiger partial charge in [0.15, 0.2) is 5.65 Å². The topological polar surface area (TPSA) is 93.3 Å². The van der Waals surface area contributed by atoms with E-state index < -0.39 is 0 Å². The number of anilines is 3. The molecule has 0 saturated carbocycles. The van der Waals surface area contributed by atoms with Gasteiger partial charge in [-0.15, -0.1) is 0 Å². The molecule has 0 amide bonds. The molecule has 0 atom stereocenters. The molecule has 10 nitrogen and oxygen atoms in total. The van der Waals surface area contributed by atoms with Crippen molar-refractivity contribution >= 4 is 28.4 Å². The quantitative estimate of drug-likeness (QED) is 0.360. The molecule has 1 aliphatic heterocycles. The number of piperazine rings is 1. The van der Waals surface area contributed by atoms with Crippen LogP contribution in [0, 0.1) is 6.92 Å². The Balaban J connectivity index is 1.38. The van der Waals surface area contributed by atoms with Crippen molar-refractivity contribution < 1.29 is 4.74 Å². The number of hydrogen-bond acceptors (Lipinski definition) is 8. The highest BCUT2D eigenvalue weighted by atomic mass is 16.5. The first kappa shape index (κ1) is 24.6. The van der Waals surface area contributed by atoms with Gasteiger partial charge in [-0.2, -0.15) is 4.98 Å². The lowest BCUT2D eigenvalue weighted by atomic mass is 10.2. The molecule has 3 aromatic heterocycles. The third-order valence-electron chi connectivity index (χ3n) is 7.16. The van der Waals surface area contributed by atoms with E-state index in [9.17, 15) is 4.79 Å². The van der Waals surface area contributed by atoms with Crippen molar-refractivity contribution in [3.05, 3.63) is 89.4 Å². The number of aromatic nitrogens is 5. The fourth-order valence-electron chi connectivity index (χ4n) is 4.93. The van der Waals surface area contributed by atoms with Crippen molar-refractivity contribution in [2.75, 3.05) is 50.6 Å². The fraction of sp³-hybridized carbons (Fsp3) is 0.241. The highest BCUT2D eigenvalue weighted by Gasteiger charge is 2.17. The lowest BCUT2D eigenvalue weighted by Crippen LogP contribution is -2.44. The number of benzene rings is 2. The Morgan fingerprint density at radius 2 is 1.79 bits per heavy atom. The molecule has 4 heterocycles. The predicted molar refractivity (Wildman–Crippen MR) is 153 cm³/mol. The van der Waals surface area contributed by atoms with E-state index in [1.54, 1.807) is 36.5 Å². The Bertz CT molecular complexity index is 1690. The highest BCUT2D eigenvalue weighted by molar-refractivity contribution is 5.81. The highest BCUT2D eigenvalue weighted by Crippen LogP contribution is 2.32. The minimum atomic E-state index is -0.165. The van der Waals surface area contributed by atoms with Gasteiger partial charge in [-0.3, -0.25) is 9.36 Å². The summed E-state index contributed by atoms with van der Waals surface area (Å²) in [5.41, 5.74) is 4.64. The van der Waals surface area contributed by atoms with E-state index >= 15 is 0 Å². The summed E-state index contributed by atoms with van der Waals surface area (Å²) >= 11 is 0. The summed E-state index contributed by atoms with van der Waals surface area (Å²) in [5, 5.41) is 4.10. The van der Waals surface area contributed by atoms with E-state index in [-0.39, 0.29) is 5.56 Å². The third kappa shape index (κ3) is 4.82. The van der Waals surface area contributed by atoms with Crippen molar-refractivity contribution in [1.29, 1.82) is 0 Å². The van der Waals surface area contributed by atoms with Crippen LogP contribution in [0.1, 0.15) is 5.56 Å². The minimum Gasteiger partial charge on any atom is -0.494 e. The zero-order chi connectivity index (χ0) is 26.9. The van der Waals surface area contributed by atoms with Crippen LogP contribution in [0.15, 0.2) is 78.2 Å². The Morgan fingerprint density at radius 1 is 0.974 bits per heavy atom. The molecule has 39 heavy (non-hydrogen) atoms. The molecule has 2 aromatic carbocycles. The summed E-state index contributed by atoms with van der Waals surface area (Å²) in [4.78, 5) is 31.5. The molecule has 1 aliphatic rings. The number of methoxy groups -OCH3 is 1. The zero-order valence-corrected chi connectivity index (χ0v) is 22.2. The van der Waals surface area contributed by atoms with Gasteiger partial charge in [0.05, 0.1) is 24.8 Å². The average molecular weight is 523 g/mol. The van der Waals surface area contributed by atoms with Gasteiger partial charge in [0.1, 0.15) is 5.75 Å². The van der Waals surface area contributed by atoms with Crippen molar-refractivity contribution in [3.63, 3.8) is 0 Å². The standard InChI is InChI=1S/C29H30N8O2/c1-20-15-27(38)37(23-6-4-5-21(16-23)36-10-9-30-19-36)28-24(20)18-31-29(33-28)32-25-8-7-22(17-26(25)39-3)35-13-11-34(2)12-14-35/h4-10,15-19H,11-14H2,1-3H3,(H,31,32,33). The number of fused-ring (bicyclic) bond motifs is 1. The number of aryl methyl sites for hydroxylation is 1. The normalized spacial score (nSPS) is 14.1. The molecule has 1 fully saturated rings. The summed E-state index contributed by atoms with van der Waals surface area (Å²) in [6, 6.07) is 15.4. The molecule has 0 unspecified atom stereocenters. The van der Waals surface area contributed by atoms with Crippen molar-refractivity contribution in [1.82, 2.24) is 29.0 Å². The Kier molecular flexibility index (Phi) is 6.45. The number of pyridine rings is 1. The molecule has 0 spiro atoms. The van der Waals surface area contributed by atoms with Crippen LogP contribution < -0.4 is 20.5 Å². The first-order chi connectivity index (χ1) is 19.0. The van der Waals surface area contributed by atoms with Gasteiger partial charge in [-0.05, 0) is 49.9 Å². The van der Waals surface area contributed by atoms with Crippen molar-refractivity contribution in [2.24, 2.45) is 0 Å². The van der Waals surface area contributed by atoms with Gasteiger partial charge in [-0.25, -0.2) is 9.97 Å². The molecular formula is C29H30N8O2. The smallest absolute Gasteiger partial charge is 0.257 e. The molecular weight excluding hydrogens is 492 g/mol. The van der Waals surface area contributed by atoms with E-state index in [2.05, 4.69) is 38.2 Å². The second-order valence-corrected chi connectivity index (χ2v) is 9.72. The Morgan fingerprint density at radius 3 is 2.56 bits per heavy atom. The number of ether oxygens (including phenoxy) is 1. The summed E-state index contributed by atoms with van der Waals surface area (Å²) < 4.78 is 9.23. The van der Waals surface area contributed by atoms with Crippen LogP contribution in [0.3, 0.4) is 0 Å². The second kappa shape index (κ2) is 10.2. The van der Waals surface area contributed by atoms with E-state index in [4.69, 9.17) is 9.72 Å². The zero-order valence-electron chi connectivity index (χ0n) is 22.2. The molecule has 0 aliphatic carbocycles. The molecule has 0 bridgehead atoms. The molecule has 1 saturated heterocycles. The maximum absolute atomic E-state index is 13.3. The maximum atomic E-state index is 13.3. The predicted octanol–water partition coefficient (Wildman–Crippen LogP) is 3.78. The molecule has 198 valence electrons. The number of nitrogens with zero attached hydrogens (tertiary/aromatic N) is 7. The van der Waals surface area contributed by atoms with Crippen LogP contribution in [-0.2, 0) is 0 Å². The van der Waals surface area contributed by atoms with E-state index in [0.29, 0.717) is 23.0 Å². The molecule has 6 rings (SSSR count). The number of hydrogen-bond donors (Lipinski definition) is 1. The van der Waals surface area contributed by atoms with Crippen molar-refractivity contribution in [2.45, 2.75) is 6.92 Å². The van der Waals surface area contributed by atoms with Crippen LogP contribution in [0.5, 0.6) is 5.75 Å². The Labute approximate surface area is 226 Å². The lowest BCUT2D eigenvalue weighted by Gasteiger charge is -2.34. The van der Waals surface area contributed by atoms with Gasteiger partial charge in [0.25, 0.3) is 5.56 Å². The summed E-state index contributed by atoms with van der Waals surface area (Å²) in [7, 11) is 3.80. The fourth-order valence-corrected chi connectivity index (χ4v) is 4.93. The largest absolute Gasteiger partial charge is 0.494 e. The first-order valence-corrected chi connectivity index (χ1v) is 12.9. The average Bonchev–Trinajstić information content (AvgIpc) is 3.49. The van der Waals surface area contributed by atoms with Gasteiger partial charge in [0, 0.05) is 73.7 Å². The second-order valence-electron chi connectivity index (χ2n) is 9.72. The minimum absolute atomic E-state index is 0.165. The van der Waals surface area contributed by atoms with Crippen LogP contribution in [0.4, 0.5) is 17.3 Å². The summed E-state index contributed by atoms with van der Waals surface area (Å²) in [6.45, 7) is 5.89. The van der Waals surface area contributed by atoms with Gasteiger partial charge >= 0.3 is 0 Å². The summed E-state index contributed by atoms with van der Waals surface area (Å²) in [5.74, 6) is 1.07. The summed E-state index contributed by atoms with van der Waals surface area (Å²) in [6.07, 6.45) is 7.06. The van der Waals surface area contributed by atoms with Gasteiger partial charge in [0.2, 0.25) is 5.95 Å². The number of likely N-dealkylation sites (N-methyl/N-ethyl adjacent to an activating group) is 1. The monoisotopic (exact) mass is 522 g/mol. The van der Waals surface area contributed by atoms with Gasteiger partial charge < -0.3 is 24.4 Å². The number of imidazole rings is 1. The van der Waals surface area contributed by atoms with Crippen molar-refractivity contribution in [3.8, 4) is 17.1 Å². The molecule has 1 N–H and O–H groups in total. The van der Waals surface area contributed by atoms with E-state index in [0.717, 1.165) is 54.2 Å². The lowest BCUT2D eigenvalue weighted by molar-refractivity contribution is 0.312. The van der Waals surface area contributed by atoms with Crippen LogP contribution in [0.25, 0.3) is 22.4 Å².